The number of likely N-dealkylation sites (tertiary alicyclic amines) is 1. The molecular weight excluding hydrogens is 322 g/mol. The Morgan fingerprint density at radius 3 is 2.80 bits per heavy atom. The topological polar surface area (TPSA) is 72.3 Å². The first-order valence-electron chi connectivity index (χ1n) is 8.73. The van der Waals surface area contributed by atoms with Gasteiger partial charge in [-0.15, -0.1) is 0 Å². The van der Waals surface area contributed by atoms with Gasteiger partial charge < -0.3 is 19.7 Å². The van der Waals surface area contributed by atoms with E-state index < -0.39 is 0 Å². The summed E-state index contributed by atoms with van der Waals surface area (Å²) in [6.07, 6.45) is 2.03. The van der Waals surface area contributed by atoms with E-state index >= 15 is 0 Å². The van der Waals surface area contributed by atoms with Gasteiger partial charge in [0.1, 0.15) is 17.5 Å². The Hall–Kier alpha value is -2.28. The van der Waals surface area contributed by atoms with E-state index in [1.54, 1.807) is 14.2 Å². The molecule has 3 atom stereocenters. The minimum atomic E-state index is -0.283. The molecule has 0 radical (unpaired) electrons. The largest absolute Gasteiger partial charge is 0.497 e. The first kappa shape index (κ1) is 17.5. The van der Waals surface area contributed by atoms with Crippen LogP contribution in [0.2, 0.25) is 0 Å². The molecule has 2 saturated heterocycles. The highest BCUT2D eigenvalue weighted by atomic mass is 16.5. The van der Waals surface area contributed by atoms with Crippen molar-refractivity contribution in [1.82, 2.24) is 10.2 Å². The lowest BCUT2D eigenvalue weighted by Gasteiger charge is -2.29. The zero-order valence-corrected chi connectivity index (χ0v) is 15.0. The maximum absolute atomic E-state index is 12.8. The molecule has 1 aromatic carbocycles. The van der Waals surface area contributed by atoms with Crippen molar-refractivity contribution in [3.05, 3.63) is 23.8 Å². The highest BCUT2D eigenvalue weighted by molar-refractivity contribution is 5.97. The second-order valence-electron chi connectivity index (χ2n) is 6.57. The van der Waals surface area contributed by atoms with Gasteiger partial charge >= 0.3 is 6.03 Å². The number of methoxy groups -OCH3 is 2. The molecule has 2 heterocycles. The number of nitrogens with zero attached hydrogens (tertiary/aromatic N) is 1. The van der Waals surface area contributed by atoms with Crippen LogP contribution in [0.1, 0.15) is 31.4 Å². The van der Waals surface area contributed by atoms with Crippen LogP contribution in [0.4, 0.5) is 4.79 Å². The van der Waals surface area contributed by atoms with Crippen LogP contribution in [0.5, 0.6) is 11.5 Å². The van der Waals surface area contributed by atoms with Crippen molar-refractivity contribution >= 4 is 11.9 Å². The van der Waals surface area contributed by atoms with Crippen LogP contribution in [0.15, 0.2) is 18.2 Å². The normalized spacial score (nSPS) is 24.1. The van der Waals surface area contributed by atoms with Crippen molar-refractivity contribution in [2.24, 2.45) is 0 Å². The van der Waals surface area contributed by atoms with Crippen molar-refractivity contribution < 1.29 is 24.0 Å². The van der Waals surface area contributed by atoms with Crippen molar-refractivity contribution in [2.45, 2.75) is 31.8 Å². The Balaban J connectivity index is 1.83. The molecule has 25 heavy (non-hydrogen) atoms. The minimum absolute atomic E-state index is 0.107. The Bertz CT molecular complexity index is 664. The first-order valence-corrected chi connectivity index (χ1v) is 8.73. The van der Waals surface area contributed by atoms with E-state index in [4.69, 9.17) is 9.47 Å². The molecule has 0 aromatic heterocycles. The van der Waals surface area contributed by atoms with E-state index in [-0.39, 0.29) is 24.0 Å². The number of hydrogen-bond donors (Lipinski definition) is 2. The zero-order chi connectivity index (χ0) is 18.0. The highest BCUT2D eigenvalue weighted by Gasteiger charge is 2.41. The maximum Gasteiger partial charge on any atom is 0.324 e. The zero-order valence-electron chi connectivity index (χ0n) is 15.0. The molecule has 2 aliphatic rings. The molecule has 2 fully saturated rings. The second kappa shape index (κ2) is 7.31. The molecule has 1 unspecified atom stereocenters. The Kier molecular flexibility index (Phi) is 5.13. The van der Waals surface area contributed by atoms with E-state index in [0.29, 0.717) is 13.1 Å². The number of imide groups is 1. The van der Waals surface area contributed by atoms with Gasteiger partial charge in [-0.2, -0.15) is 0 Å². The molecule has 0 bridgehead atoms. The summed E-state index contributed by atoms with van der Waals surface area (Å²) < 4.78 is 10.8. The van der Waals surface area contributed by atoms with Crippen molar-refractivity contribution in [2.75, 3.05) is 33.9 Å². The summed E-state index contributed by atoms with van der Waals surface area (Å²) in [6, 6.07) is 5.44. The molecule has 136 valence electrons. The van der Waals surface area contributed by atoms with Crippen LogP contribution in [0, 0.1) is 0 Å². The van der Waals surface area contributed by atoms with Gasteiger partial charge in [0, 0.05) is 32.0 Å². The number of urea groups is 1. The summed E-state index contributed by atoms with van der Waals surface area (Å²) in [5.74, 6) is 1.42. The van der Waals surface area contributed by atoms with Crippen molar-refractivity contribution in [3.63, 3.8) is 0 Å². The number of nitrogens with one attached hydrogen (secondary N) is 2. The number of ether oxygens (including phenoxy) is 2. The van der Waals surface area contributed by atoms with Gasteiger partial charge in [0.05, 0.1) is 26.3 Å². The fourth-order valence-electron chi connectivity index (χ4n) is 3.92. The molecule has 2 N–H and O–H groups in total. The lowest BCUT2D eigenvalue weighted by atomic mass is 10.0. The molecule has 2 aliphatic heterocycles. The molecule has 0 saturated carbocycles. The smallest absolute Gasteiger partial charge is 0.324 e. The lowest BCUT2D eigenvalue weighted by molar-refractivity contribution is -0.932. The molecule has 0 spiro atoms. The highest BCUT2D eigenvalue weighted by Crippen LogP contribution is 2.32. The fraction of sp³-hybridized carbons (Fsp3) is 0.556. The second-order valence-corrected chi connectivity index (χ2v) is 6.57. The van der Waals surface area contributed by atoms with Crippen LogP contribution in [0.3, 0.4) is 0 Å². The van der Waals surface area contributed by atoms with Crippen LogP contribution in [-0.2, 0) is 4.79 Å². The summed E-state index contributed by atoms with van der Waals surface area (Å²) in [7, 11) is 3.28. The molecular formula is C18H26N3O4+. The predicted octanol–water partition coefficient (Wildman–Crippen LogP) is 0.364. The Morgan fingerprint density at radius 2 is 2.16 bits per heavy atom. The molecule has 3 amide bonds. The van der Waals surface area contributed by atoms with Gasteiger partial charge in [-0.1, -0.05) is 0 Å². The van der Waals surface area contributed by atoms with E-state index in [1.165, 1.54) is 9.80 Å². The molecule has 3 rings (SSSR count). The standard InChI is InChI=1S/C18H25N3O4/c1-12(17(22)21-10-8-19-18(21)23)20-9-4-5-15(20)14-7-6-13(24-2)11-16(14)25-3/h6-7,11-12,15H,4-5,8-10H2,1-3H3,(H,19,23)/p+1/t12-,15-/m1/s1. The number of carbonyl (C=O) groups excluding carboxylic acids is 2. The molecule has 7 heteroatoms. The summed E-state index contributed by atoms with van der Waals surface area (Å²) in [6.45, 7) is 3.80. The summed E-state index contributed by atoms with van der Waals surface area (Å²) in [5.41, 5.74) is 1.08. The quantitative estimate of drug-likeness (QED) is 0.806. The maximum atomic E-state index is 12.8. The molecule has 7 nitrogen and oxygen atoms in total. The first-order chi connectivity index (χ1) is 12.1. The lowest BCUT2D eigenvalue weighted by Crippen LogP contribution is -3.15. The van der Waals surface area contributed by atoms with Gasteiger partial charge in [0.15, 0.2) is 6.04 Å². The average molecular weight is 348 g/mol. The van der Waals surface area contributed by atoms with Crippen LogP contribution in [-0.4, -0.2) is 56.7 Å². The summed E-state index contributed by atoms with van der Waals surface area (Å²) in [4.78, 5) is 27.1. The van der Waals surface area contributed by atoms with E-state index in [0.717, 1.165) is 36.4 Å². The third kappa shape index (κ3) is 3.28. The van der Waals surface area contributed by atoms with Gasteiger partial charge in [-0.3, -0.25) is 9.69 Å². The van der Waals surface area contributed by atoms with Crippen molar-refractivity contribution in [3.8, 4) is 11.5 Å². The van der Waals surface area contributed by atoms with Crippen molar-refractivity contribution in [1.29, 1.82) is 0 Å². The van der Waals surface area contributed by atoms with E-state index in [2.05, 4.69) is 5.32 Å². The number of rotatable bonds is 5. The molecule has 0 aliphatic carbocycles. The van der Waals surface area contributed by atoms with Crippen LogP contribution < -0.4 is 19.7 Å². The summed E-state index contributed by atoms with van der Waals surface area (Å²) >= 11 is 0. The van der Waals surface area contributed by atoms with Crippen LogP contribution >= 0.6 is 0 Å². The van der Waals surface area contributed by atoms with Gasteiger partial charge in [0.25, 0.3) is 5.91 Å². The summed E-state index contributed by atoms with van der Waals surface area (Å²) in [5, 5.41) is 2.69. The Labute approximate surface area is 147 Å². The fourth-order valence-corrected chi connectivity index (χ4v) is 3.92. The number of carbonyl (C=O) groups is 2. The third-order valence-electron chi connectivity index (χ3n) is 5.27. The van der Waals surface area contributed by atoms with Gasteiger partial charge in [-0.25, -0.2) is 4.79 Å². The average Bonchev–Trinajstić information content (AvgIpc) is 3.28. The SMILES string of the molecule is COc1ccc([C@H]2CCC[NH+]2[C@H](C)C(=O)N2CCNC2=O)c(OC)c1. The third-order valence-corrected chi connectivity index (χ3v) is 5.27. The Morgan fingerprint density at radius 1 is 1.36 bits per heavy atom. The van der Waals surface area contributed by atoms with Gasteiger partial charge in [0.2, 0.25) is 0 Å². The molecule has 1 aromatic rings. The van der Waals surface area contributed by atoms with E-state index in [1.807, 2.05) is 25.1 Å². The van der Waals surface area contributed by atoms with Crippen LogP contribution in [0.25, 0.3) is 0 Å². The van der Waals surface area contributed by atoms with Gasteiger partial charge in [-0.05, 0) is 19.1 Å². The number of benzene rings is 1. The number of hydrogen-bond acceptors (Lipinski definition) is 4. The minimum Gasteiger partial charge on any atom is -0.497 e. The monoisotopic (exact) mass is 348 g/mol. The number of amides is 3. The predicted molar refractivity (Wildman–Crippen MR) is 91.9 cm³/mol. The van der Waals surface area contributed by atoms with E-state index in [9.17, 15) is 9.59 Å². The number of quaternary nitrogens is 1.